The van der Waals surface area contributed by atoms with Gasteiger partial charge in [-0.1, -0.05) is 0 Å². The third-order valence-corrected chi connectivity index (χ3v) is 2.85. The molecule has 1 aromatic heterocycles. The smallest absolute Gasteiger partial charge is 0.340 e. The molecule has 2 N–H and O–H groups in total. The second kappa shape index (κ2) is 4.93. The second-order valence-electron chi connectivity index (χ2n) is 3.17. The van der Waals surface area contributed by atoms with Gasteiger partial charge in [0.05, 0.1) is 12.8 Å². The highest BCUT2D eigenvalue weighted by Crippen LogP contribution is 2.25. The lowest BCUT2D eigenvalue weighted by Gasteiger charge is -2.11. The number of aromatic nitrogens is 1. The summed E-state index contributed by atoms with van der Waals surface area (Å²) in [6.07, 6.45) is 0. The first-order chi connectivity index (χ1) is 7.47. The van der Waals surface area contributed by atoms with Gasteiger partial charge in [0.15, 0.2) is 0 Å². The van der Waals surface area contributed by atoms with E-state index in [4.69, 9.17) is 5.11 Å². The third-order valence-electron chi connectivity index (χ3n) is 1.98. The van der Waals surface area contributed by atoms with Crippen LogP contribution in [-0.2, 0) is 9.53 Å². The Kier molecular flexibility index (Phi) is 3.83. The second-order valence-corrected chi connectivity index (χ2v) is 3.94. The lowest BCUT2D eigenvalue weighted by Crippen LogP contribution is -2.27. The number of carbonyl (C=O) groups excluding carboxylic acids is 1. The molecule has 0 amide bonds. The highest BCUT2D eigenvalue weighted by Gasteiger charge is 2.21. The molecule has 0 saturated carbocycles. The number of carbonyl (C=O) groups is 2. The van der Waals surface area contributed by atoms with Crippen LogP contribution in [0.1, 0.15) is 23.0 Å². The zero-order chi connectivity index (χ0) is 12.3. The van der Waals surface area contributed by atoms with E-state index in [1.165, 1.54) is 7.11 Å². The number of hydrogen-bond donors (Lipinski definition) is 2. The molecule has 0 saturated heterocycles. The van der Waals surface area contributed by atoms with Gasteiger partial charge < -0.3 is 15.2 Å². The minimum atomic E-state index is -1.06. The highest BCUT2D eigenvalue weighted by molar-refractivity contribution is 7.10. The Morgan fingerprint density at radius 1 is 1.56 bits per heavy atom. The fraction of sp³-hybridized carbons (Fsp3) is 0.444. The van der Waals surface area contributed by atoms with Gasteiger partial charge in [0.25, 0.3) is 0 Å². The van der Waals surface area contributed by atoms with E-state index >= 15 is 0 Å². The van der Waals surface area contributed by atoms with Crippen molar-refractivity contribution in [3.63, 3.8) is 0 Å². The Morgan fingerprint density at radius 2 is 2.19 bits per heavy atom. The summed E-state index contributed by atoms with van der Waals surface area (Å²) in [5, 5.41) is 12.1. The molecule has 1 aromatic rings. The number of aryl methyl sites for hydroxylation is 1. The highest BCUT2D eigenvalue weighted by atomic mass is 32.1. The lowest BCUT2D eigenvalue weighted by atomic mass is 10.2. The Morgan fingerprint density at radius 3 is 2.69 bits per heavy atom. The van der Waals surface area contributed by atoms with Gasteiger partial charge in [-0.25, -0.2) is 9.59 Å². The number of rotatable bonds is 4. The van der Waals surface area contributed by atoms with Gasteiger partial charge in [0.1, 0.15) is 16.6 Å². The summed E-state index contributed by atoms with van der Waals surface area (Å²) in [6.45, 7) is 3.19. The maximum Gasteiger partial charge on any atom is 0.340 e. The molecule has 1 rings (SSSR count). The van der Waals surface area contributed by atoms with Gasteiger partial charge in [0, 0.05) is 0 Å². The van der Waals surface area contributed by atoms with Gasteiger partial charge in [-0.3, -0.25) is 0 Å². The quantitative estimate of drug-likeness (QED) is 0.772. The van der Waals surface area contributed by atoms with Crippen molar-refractivity contribution in [3.8, 4) is 0 Å². The van der Waals surface area contributed by atoms with E-state index in [2.05, 4.69) is 14.4 Å². The number of nitrogens with zero attached hydrogens (tertiary/aromatic N) is 1. The average Bonchev–Trinajstić information content (AvgIpc) is 2.58. The number of nitrogens with one attached hydrogen (secondary N) is 1. The van der Waals surface area contributed by atoms with E-state index < -0.39 is 18.0 Å². The fourth-order valence-corrected chi connectivity index (χ4v) is 2.03. The molecule has 88 valence electrons. The predicted molar refractivity (Wildman–Crippen MR) is 58.9 cm³/mol. The maximum absolute atomic E-state index is 11.2. The topological polar surface area (TPSA) is 88.5 Å². The molecule has 0 radical (unpaired) electrons. The summed E-state index contributed by atoms with van der Waals surface area (Å²) < 4.78 is 8.45. The van der Waals surface area contributed by atoms with Crippen molar-refractivity contribution >= 4 is 28.5 Å². The van der Waals surface area contributed by atoms with Crippen LogP contribution < -0.4 is 5.32 Å². The molecular weight excluding hydrogens is 232 g/mol. The molecule has 0 aliphatic rings. The molecule has 0 fully saturated rings. The van der Waals surface area contributed by atoms with Crippen molar-refractivity contribution < 1.29 is 19.4 Å². The van der Waals surface area contributed by atoms with Gasteiger partial charge in [0.2, 0.25) is 0 Å². The van der Waals surface area contributed by atoms with Crippen LogP contribution in [0.25, 0.3) is 0 Å². The minimum Gasteiger partial charge on any atom is -0.478 e. The zero-order valence-electron chi connectivity index (χ0n) is 9.10. The number of esters is 1. The summed E-state index contributed by atoms with van der Waals surface area (Å²) in [5.74, 6) is -1.52. The molecule has 0 spiro atoms. The van der Waals surface area contributed by atoms with Gasteiger partial charge in [-0.05, 0) is 25.4 Å². The first-order valence-electron chi connectivity index (χ1n) is 4.51. The van der Waals surface area contributed by atoms with Crippen LogP contribution in [0.4, 0.5) is 5.00 Å². The van der Waals surface area contributed by atoms with Crippen LogP contribution in [-0.4, -0.2) is 34.6 Å². The van der Waals surface area contributed by atoms with Crippen LogP contribution >= 0.6 is 11.5 Å². The lowest BCUT2D eigenvalue weighted by molar-refractivity contribution is -0.141. The van der Waals surface area contributed by atoms with Crippen LogP contribution in [0, 0.1) is 6.92 Å². The van der Waals surface area contributed by atoms with E-state index in [9.17, 15) is 9.59 Å². The van der Waals surface area contributed by atoms with Crippen molar-refractivity contribution in [2.24, 2.45) is 0 Å². The molecule has 1 heterocycles. The molecule has 0 aromatic carbocycles. The molecule has 1 atom stereocenters. The van der Waals surface area contributed by atoms with E-state index in [1.54, 1.807) is 13.8 Å². The number of aromatic carboxylic acids is 1. The number of anilines is 1. The zero-order valence-corrected chi connectivity index (χ0v) is 9.92. The summed E-state index contributed by atoms with van der Waals surface area (Å²) in [6, 6.07) is -0.608. The Hall–Kier alpha value is -1.63. The van der Waals surface area contributed by atoms with Crippen molar-refractivity contribution in [1.29, 1.82) is 0 Å². The molecule has 0 aliphatic heterocycles. The predicted octanol–water partition coefficient (Wildman–Crippen LogP) is 1.12. The van der Waals surface area contributed by atoms with Crippen molar-refractivity contribution in [1.82, 2.24) is 4.37 Å². The van der Waals surface area contributed by atoms with Gasteiger partial charge in [-0.15, -0.1) is 0 Å². The average molecular weight is 244 g/mol. The van der Waals surface area contributed by atoms with Crippen LogP contribution in [0.15, 0.2) is 0 Å². The van der Waals surface area contributed by atoms with E-state index in [-0.39, 0.29) is 5.56 Å². The first-order valence-corrected chi connectivity index (χ1v) is 5.28. The van der Waals surface area contributed by atoms with E-state index in [0.29, 0.717) is 10.7 Å². The Balaban J connectivity index is 2.89. The summed E-state index contributed by atoms with van der Waals surface area (Å²) in [4.78, 5) is 22.1. The third kappa shape index (κ3) is 2.48. The molecule has 1 unspecified atom stereocenters. The van der Waals surface area contributed by atoms with Crippen molar-refractivity contribution in [2.75, 3.05) is 12.4 Å². The SMILES string of the molecule is COC(=O)C(C)Nc1snc(C)c1C(=O)O. The van der Waals surface area contributed by atoms with Gasteiger partial charge >= 0.3 is 11.9 Å². The number of carboxylic acids is 1. The summed E-state index contributed by atoms with van der Waals surface area (Å²) in [7, 11) is 1.27. The number of methoxy groups -OCH3 is 1. The normalized spacial score (nSPS) is 11.9. The molecule has 0 aliphatic carbocycles. The largest absolute Gasteiger partial charge is 0.478 e. The Labute approximate surface area is 96.4 Å². The Bertz CT molecular complexity index is 416. The summed E-state index contributed by atoms with van der Waals surface area (Å²) in [5.41, 5.74) is 0.526. The number of ether oxygens (including phenoxy) is 1. The van der Waals surface area contributed by atoms with Crippen LogP contribution in [0.2, 0.25) is 0 Å². The van der Waals surface area contributed by atoms with Crippen molar-refractivity contribution in [3.05, 3.63) is 11.3 Å². The molecule has 6 nitrogen and oxygen atoms in total. The maximum atomic E-state index is 11.2. The summed E-state index contributed by atoms with van der Waals surface area (Å²) >= 11 is 1.01. The van der Waals surface area contributed by atoms with Gasteiger partial charge in [-0.2, -0.15) is 4.37 Å². The molecule has 0 bridgehead atoms. The standard InChI is InChI=1S/C9H12N2O4S/c1-4-6(8(12)13)7(16-11-4)10-5(2)9(14)15-3/h5,10H,1-3H3,(H,12,13). The van der Waals surface area contributed by atoms with Crippen molar-refractivity contribution in [2.45, 2.75) is 19.9 Å². The molecule has 16 heavy (non-hydrogen) atoms. The first kappa shape index (κ1) is 12.4. The fourth-order valence-electron chi connectivity index (χ4n) is 1.15. The van der Waals surface area contributed by atoms with Crippen LogP contribution in [0.5, 0.6) is 0 Å². The number of hydrogen-bond acceptors (Lipinski definition) is 6. The van der Waals surface area contributed by atoms with Crippen LogP contribution in [0.3, 0.4) is 0 Å². The van der Waals surface area contributed by atoms with E-state index in [0.717, 1.165) is 11.5 Å². The monoisotopic (exact) mass is 244 g/mol. The minimum absolute atomic E-state index is 0.0979. The van der Waals surface area contributed by atoms with E-state index in [1.807, 2.05) is 0 Å². The molecule has 7 heteroatoms. The number of carboxylic acid groups (broad SMARTS) is 1. The molecular formula is C9H12N2O4S.